The monoisotopic (exact) mass is 240 g/mol. The third-order valence-corrected chi connectivity index (χ3v) is 0.368. The Morgan fingerprint density at radius 3 is 1.21 bits per heavy atom. The van der Waals surface area contributed by atoms with Crippen molar-refractivity contribution in [3.05, 3.63) is 12.2 Å². The summed E-state index contributed by atoms with van der Waals surface area (Å²) in [6, 6.07) is 0. The van der Waals surface area contributed by atoms with Gasteiger partial charge in [-0.2, -0.15) is 0 Å². The Morgan fingerprint density at radius 2 is 1.14 bits per heavy atom. The van der Waals surface area contributed by atoms with Crippen LogP contribution in [-0.4, -0.2) is 34.5 Å². The van der Waals surface area contributed by atoms with Crippen LogP contribution in [0.15, 0.2) is 12.2 Å². The van der Waals surface area contributed by atoms with Gasteiger partial charge in [0.05, 0.1) is 0 Å². The number of aliphatic carboxylic acids is 2. The average Bonchev–Trinajstić information content (AvgIpc) is 2.04. The van der Waals surface area contributed by atoms with Gasteiger partial charge in [-0.3, -0.25) is 0 Å². The van der Waals surface area contributed by atoms with E-state index in [9.17, 15) is 9.59 Å². The largest absolute Gasteiger partial charge is 0.478 e. The van der Waals surface area contributed by atoms with Crippen molar-refractivity contribution in [3.63, 3.8) is 0 Å². The van der Waals surface area contributed by atoms with E-state index in [0.717, 1.165) is 0 Å². The molecule has 0 aromatic carbocycles. The topological polar surface area (TPSA) is 74.6 Å². The molecule has 0 amide bonds. The molecule has 0 heterocycles. The van der Waals surface area contributed by atoms with Crippen molar-refractivity contribution in [2.45, 2.75) is 13.8 Å². The highest BCUT2D eigenvalue weighted by Gasteiger charge is 1.88. The van der Waals surface area contributed by atoms with Crippen molar-refractivity contribution < 1.29 is 19.8 Å². The van der Waals surface area contributed by atoms with Crippen LogP contribution in [-0.2, 0) is 9.59 Å². The first kappa shape index (κ1) is 19.2. The molecule has 6 heteroatoms. The Labute approximate surface area is 89.2 Å². The van der Waals surface area contributed by atoms with Crippen LogP contribution in [0.25, 0.3) is 0 Å². The van der Waals surface area contributed by atoms with Crippen molar-refractivity contribution in [1.82, 2.24) is 0 Å². The molecule has 0 radical (unpaired) electrons. The number of rotatable bonds is 2. The molecule has 0 saturated heterocycles. The minimum absolute atomic E-state index is 0.558. The van der Waals surface area contributed by atoms with Crippen LogP contribution in [0.1, 0.15) is 13.8 Å². The number of carboxylic acids is 2. The molecule has 14 heavy (non-hydrogen) atoms. The fraction of sp³-hybridized carbons (Fsp3) is 0.500. The Bertz CT molecular complexity index is 151. The van der Waals surface area contributed by atoms with E-state index in [0.29, 0.717) is 12.2 Å². The molecule has 0 bridgehead atoms. The maximum atomic E-state index is 9.55. The summed E-state index contributed by atoms with van der Waals surface area (Å²) in [5, 5.41) is 15.6. The van der Waals surface area contributed by atoms with Crippen LogP contribution >= 0.6 is 18.5 Å². The molecule has 0 saturated carbocycles. The quantitative estimate of drug-likeness (QED) is 0.566. The summed E-state index contributed by atoms with van der Waals surface area (Å²) in [6.07, 6.45) is 3.45. The van der Waals surface area contributed by atoms with Gasteiger partial charge in [-0.1, -0.05) is 13.8 Å². The molecule has 2 N–H and O–H groups in total. The standard InChI is InChI=1S/C4H4O4.2C2H7P/c5-3(6)1-2-4(7)8;2*1-2-3/h1-2H,(H,5,6)(H,7,8);2*2-3H2,1H3/b2-1-;;. The lowest BCUT2D eigenvalue weighted by molar-refractivity contribution is -0.134. The van der Waals surface area contributed by atoms with Gasteiger partial charge in [-0.05, 0) is 12.3 Å². The summed E-state index contributed by atoms with van der Waals surface area (Å²) < 4.78 is 0. The second kappa shape index (κ2) is 18.3. The maximum absolute atomic E-state index is 9.55. The molecule has 0 aliphatic rings. The molecule has 0 fully saturated rings. The Kier molecular flexibility index (Phi) is 25.1. The molecular formula is C8H18O4P2. The summed E-state index contributed by atoms with van der Waals surface area (Å²) in [5.74, 6) is -2.51. The zero-order valence-electron chi connectivity index (χ0n) is 8.43. The van der Waals surface area contributed by atoms with E-state index in [1.54, 1.807) is 0 Å². The van der Waals surface area contributed by atoms with E-state index in [1.165, 1.54) is 12.3 Å². The van der Waals surface area contributed by atoms with Crippen molar-refractivity contribution in [2.75, 3.05) is 12.3 Å². The molecule has 0 aliphatic carbocycles. The third-order valence-electron chi connectivity index (χ3n) is 0.368. The molecule has 2 unspecified atom stereocenters. The first-order chi connectivity index (χ1) is 6.45. The molecule has 4 nitrogen and oxygen atoms in total. The molecule has 2 atom stereocenters. The van der Waals surface area contributed by atoms with Crippen molar-refractivity contribution in [1.29, 1.82) is 0 Å². The SMILES string of the molecule is CCP.CCP.O=C(O)/C=C\C(=O)O. The van der Waals surface area contributed by atoms with Crippen molar-refractivity contribution in [3.8, 4) is 0 Å². The van der Waals surface area contributed by atoms with Crippen LogP contribution in [0.3, 0.4) is 0 Å². The first-order valence-electron chi connectivity index (χ1n) is 4.00. The zero-order chi connectivity index (χ0) is 12.0. The van der Waals surface area contributed by atoms with Crippen LogP contribution in [0, 0.1) is 0 Å². The Balaban J connectivity index is -0.000000168. The number of hydrogen-bond acceptors (Lipinski definition) is 2. The smallest absolute Gasteiger partial charge is 0.328 e. The number of hydrogen-bond donors (Lipinski definition) is 2. The highest BCUT2D eigenvalue weighted by atomic mass is 31.0. The van der Waals surface area contributed by atoms with Gasteiger partial charge in [0.2, 0.25) is 0 Å². The van der Waals surface area contributed by atoms with E-state index in [4.69, 9.17) is 10.2 Å². The summed E-state index contributed by atoms with van der Waals surface area (Å²) >= 11 is 0. The van der Waals surface area contributed by atoms with Crippen LogP contribution in [0.4, 0.5) is 0 Å². The zero-order valence-corrected chi connectivity index (χ0v) is 10.7. The van der Waals surface area contributed by atoms with Gasteiger partial charge in [0.25, 0.3) is 0 Å². The highest BCUT2D eigenvalue weighted by Crippen LogP contribution is 1.70. The Morgan fingerprint density at radius 1 is 1.00 bits per heavy atom. The molecule has 0 spiro atoms. The van der Waals surface area contributed by atoms with Gasteiger partial charge in [0.15, 0.2) is 0 Å². The maximum Gasteiger partial charge on any atom is 0.328 e. The Hall–Kier alpha value is -0.460. The van der Waals surface area contributed by atoms with Gasteiger partial charge < -0.3 is 10.2 Å². The average molecular weight is 240 g/mol. The fourth-order valence-electron chi connectivity index (χ4n) is 0.143. The third kappa shape index (κ3) is 62.2. The first-order valence-corrected chi connectivity index (χ1v) is 5.63. The molecule has 0 rings (SSSR count). The normalized spacial score (nSPS) is 8.00. The van der Waals surface area contributed by atoms with Gasteiger partial charge in [0.1, 0.15) is 0 Å². The van der Waals surface area contributed by atoms with E-state index in [-0.39, 0.29) is 0 Å². The van der Waals surface area contributed by atoms with E-state index in [1.807, 2.05) is 0 Å². The van der Waals surface area contributed by atoms with Crippen LogP contribution < -0.4 is 0 Å². The predicted molar refractivity (Wildman–Crippen MR) is 64.9 cm³/mol. The van der Waals surface area contributed by atoms with E-state index >= 15 is 0 Å². The number of carboxylic acid groups (broad SMARTS) is 2. The van der Waals surface area contributed by atoms with Crippen LogP contribution in [0.5, 0.6) is 0 Å². The molecule has 0 aromatic rings. The minimum atomic E-state index is -1.26. The predicted octanol–water partition coefficient (Wildman–Crippen LogP) is 1.47. The lowest BCUT2D eigenvalue weighted by Crippen LogP contribution is -1.91. The fourth-order valence-corrected chi connectivity index (χ4v) is 0.143. The highest BCUT2D eigenvalue weighted by molar-refractivity contribution is 7.16. The van der Waals surface area contributed by atoms with Gasteiger partial charge >= 0.3 is 11.9 Å². The second-order valence-electron chi connectivity index (χ2n) is 1.83. The molecular weight excluding hydrogens is 222 g/mol. The molecule has 84 valence electrons. The summed E-state index contributed by atoms with van der Waals surface area (Å²) in [4.78, 5) is 19.1. The molecule has 0 aromatic heterocycles. The summed E-state index contributed by atoms with van der Waals surface area (Å²) in [6.45, 7) is 4.18. The minimum Gasteiger partial charge on any atom is -0.478 e. The lowest BCUT2D eigenvalue weighted by Gasteiger charge is -1.74. The van der Waals surface area contributed by atoms with Gasteiger partial charge in [0, 0.05) is 12.2 Å². The van der Waals surface area contributed by atoms with Crippen molar-refractivity contribution >= 4 is 30.4 Å². The lowest BCUT2D eigenvalue weighted by atomic mass is 10.5. The van der Waals surface area contributed by atoms with E-state index < -0.39 is 11.9 Å². The van der Waals surface area contributed by atoms with Crippen molar-refractivity contribution in [2.24, 2.45) is 0 Å². The van der Waals surface area contributed by atoms with Gasteiger partial charge in [-0.15, -0.1) is 18.5 Å². The summed E-state index contributed by atoms with van der Waals surface area (Å²) in [7, 11) is 5.16. The molecule has 0 aliphatic heterocycles. The van der Waals surface area contributed by atoms with Gasteiger partial charge in [-0.25, -0.2) is 9.59 Å². The summed E-state index contributed by atoms with van der Waals surface area (Å²) in [5.41, 5.74) is 0. The second-order valence-corrected chi connectivity index (χ2v) is 3.46. The number of carbonyl (C=O) groups is 2. The van der Waals surface area contributed by atoms with Crippen LogP contribution in [0.2, 0.25) is 0 Å². The van der Waals surface area contributed by atoms with E-state index in [2.05, 4.69) is 32.3 Å².